The van der Waals surface area contributed by atoms with E-state index in [1.807, 2.05) is 6.08 Å². The van der Waals surface area contributed by atoms with Crippen LogP contribution in [-0.2, 0) is 4.74 Å². The Balaban J connectivity index is 2.06. The van der Waals surface area contributed by atoms with Gasteiger partial charge in [0.05, 0.1) is 12.7 Å². The summed E-state index contributed by atoms with van der Waals surface area (Å²) >= 11 is 0. The van der Waals surface area contributed by atoms with Gasteiger partial charge in [-0.2, -0.15) is 0 Å². The van der Waals surface area contributed by atoms with Crippen molar-refractivity contribution in [2.24, 2.45) is 22.7 Å². The molecule has 3 rings (SSSR count). The lowest BCUT2D eigenvalue weighted by Gasteiger charge is -2.55. The minimum atomic E-state index is -0.739. The lowest BCUT2D eigenvalue weighted by atomic mass is 9.49. The molecule has 0 aromatic carbocycles. The Labute approximate surface area is 140 Å². The zero-order chi connectivity index (χ0) is 16.8. The third kappa shape index (κ3) is 2.71. The van der Waals surface area contributed by atoms with E-state index in [1.54, 1.807) is 0 Å². The molecule has 3 nitrogen and oxygen atoms in total. The lowest BCUT2D eigenvalue weighted by molar-refractivity contribution is -0.140. The largest absolute Gasteiger partial charge is 0.392 e. The maximum Gasteiger partial charge on any atom is 0.155 e. The average molecular weight is 320 g/mol. The molecule has 0 bridgehead atoms. The zero-order valence-corrected chi connectivity index (χ0v) is 14.8. The molecule has 0 spiro atoms. The van der Waals surface area contributed by atoms with E-state index < -0.39 is 6.29 Å². The topological polar surface area (TPSA) is 49.7 Å². The molecule has 1 heterocycles. The van der Waals surface area contributed by atoms with Crippen molar-refractivity contribution in [3.8, 4) is 0 Å². The van der Waals surface area contributed by atoms with Crippen LogP contribution in [0.15, 0.2) is 23.8 Å². The van der Waals surface area contributed by atoms with Gasteiger partial charge in [-0.25, -0.2) is 0 Å². The number of aliphatic hydroxyl groups excluding tert-OH is 2. The highest BCUT2D eigenvalue weighted by molar-refractivity contribution is 5.32. The molecule has 3 heteroatoms. The van der Waals surface area contributed by atoms with Crippen LogP contribution >= 0.6 is 0 Å². The van der Waals surface area contributed by atoms with Crippen molar-refractivity contribution < 1.29 is 14.9 Å². The predicted octanol–water partition coefficient (Wildman–Crippen LogP) is 3.81. The van der Waals surface area contributed by atoms with Gasteiger partial charge in [0, 0.05) is 6.42 Å². The Morgan fingerprint density at radius 2 is 2.04 bits per heavy atom. The summed E-state index contributed by atoms with van der Waals surface area (Å²) in [6.07, 6.45) is 7.34. The molecule has 0 aromatic rings. The van der Waals surface area contributed by atoms with Crippen molar-refractivity contribution in [1.82, 2.24) is 0 Å². The summed E-state index contributed by atoms with van der Waals surface area (Å²) in [6.45, 7) is 11.0. The van der Waals surface area contributed by atoms with Crippen LogP contribution in [0.25, 0.3) is 0 Å². The molecular weight excluding hydrogens is 288 g/mol. The number of allylic oxidation sites excluding steroid dienone is 2. The number of ether oxygens (including phenoxy) is 1. The van der Waals surface area contributed by atoms with Crippen molar-refractivity contribution >= 4 is 0 Å². The summed E-state index contributed by atoms with van der Waals surface area (Å²) in [5, 5.41) is 20.5. The SMILES string of the molecule is C=CC1=C(CO)C2OC(O)CC3C(C)(C)CCCC3(C)C2CC1. The van der Waals surface area contributed by atoms with Gasteiger partial charge in [0.25, 0.3) is 0 Å². The first-order valence-electron chi connectivity index (χ1n) is 9.12. The van der Waals surface area contributed by atoms with Crippen molar-refractivity contribution in [2.45, 2.75) is 71.7 Å². The van der Waals surface area contributed by atoms with Gasteiger partial charge in [0.2, 0.25) is 0 Å². The molecule has 130 valence electrons. The second-order valence-corrected chi connectivity index (χ2v) is 8.71. The molecule has 5 unspecified atom stereocenters. The Bertz CT molecular complexity index is 507. The minimum Gasteiger partial charge on any atom is -0.392 e. The maximum atomic E-state index is 10.5. The summed E-state index contributed by atoms with van der Waals surface area (Å²) < 4.78 is 6.09. The standard InChI is InChI=1S/C20H32O3/c1-5-13-7-8-15-18(14(13)12-21)23-17(22)11-16-19(2,3)9-6-10-20(15,16)4/h5,15-18,21-22H,1,6-12H2,2-4H3. The van der Waals surface area contributed by atoms with Crippen LogP contribution in [0, 0.1) is 22.7 Å². The maximum absolute atomic E-state index is 10.5. The van der Waals surface area contributed by atoms with Crippen molar-refractivity contribution in [2.75, 3.05) is 6.61 Å². The summed E-state index contributed by atoms with van der Waals surface area (Å²) in [5.74, 6) is 0.828. The molecule has 0 aromatic heterocycles. The van der Waals surface area contributed by atoms with E-state index in [1.165, 1.54) is 19.3 Å². The van der Waals surface area contributed by atoms with E-state index in [2.05, 4.69) is 27.4 Å². The fourth-order valence-electron chi connectivity index (χ4n) is 5.95. The monoisotopic (exact) mass is 320 g/mol. The van der Waals surface area contributed by atoms with Crippen molar-refractivity contribution in [3.05, 3.63) is 23.8 Å². The van der Waals surface area contributed by atoms with Crippen LogP contribution in [-0.4, -0.2) is 29.2 Å². The molecule has 5 atom stereocenters. The van der Waals surface area contributed by atoms with E-state index in [9.17, 15) is 10.2 Å². The van der Waals surface area contributed by atoms with Crippen LogP contribution < -0.4 is 0 Å². The van der Waals surface area contributed by atoms with Crippen LogP contribution in [0.2, 0.25) is 0 Å². The summed E-state index contributed by atoms with van der Waals surface area (Å²) in [7, 11) is 0. The van der Waals surface area contributed by atoms with Gasteiger partial charge >= 0.3 is 0 Å². The number of aliphatic hydroxyl groups is 2. The molecule has 1 aliphatic heterocycles. The molecule has 1 saturated heterocycles. The van der Waals surface area contributed by atoms with Gasteiger partial charge in [-0.05, 0) is 59.5 Å². The van der Waals surface area contributed by atoms with Gasteiger partial charge in [0.1, 0.15) is 0 Å². The quantitative estimate of drug-likeness (QED) is 0.813. The highest BCUT2D eigenvalue weighted by Crippen LogP contribution is 2.61. The van der Waals surface area contributed by atoms with E-state index in [-0.39, 0.29) is 23.5 Å². The van der Waals surface area contributed by atoms with E-state index >= 15 is 0 Å². The van der Waals surface area contributed by atoms with Crippen LogP contribution in [0.4, 0.5) is 0 Å². The van der Waals surface area contributed by atoms with Crippen molar-refractivity contribution in [1.29, 1.82) is 0 Å². The lowest BCUT2D eigenvalue weighted by Crippen LogP contribution is -2.49. The highest BCUT2D eigenvalue weighted by Gasteiger charge is 2.56. The molecule has 2 aliphatic carbocycles. The number of hydrogen-bond acceptors (Lipinski definition) is 3. The first-order valence-corrected chi connectivity index (χ1v) is 9.12. The molecule has 0 amide bonds. The fourth-order valence-corrected chi connectivity index (χ4v) is 5.95. The zero-order valence-electron chi connectivity index (χ0n) is 14.8. The van der Waals surface area contributed by atoms with Gasteiger partial charge < -0.3 is 14.9 Å². The van der Waals surface area contributed by atoms with E-state index in [0.29, 0.717) is 18.3 Å². The van der Waals surface area contributed by atoms with Gasteiger partial charge in [-0.15, -0.1) is 0 Å². The number of rotatable bonds is 2. The Morgan fingerprint density at radius 3 is 2.70 bits per heavy atom. The normalized spacial score (nSPS) is 43.3. The Kier molecular flexibility index (Phi) is 4.50. The predicted molar refractivity (Wildman–Crippen MR) is 91.8 cm³/mol. The molecule has 2 fully saturated rings. The first-order chi connectivity index (χ1) is 10.8. The molecule has 23 heavy (non-hydrogen) atoms. The van der Waals surface area contributed by atoms with Gasteiger partial charge in [0.15, 0.2) is 6.29 Å². The Hall–Kier alpha value is -0.640. The second kappa shape index (κ2) is 6.02. The Morgan fingerprint density at radius 1 is 1.30 bits per heavy atom. The van der Waals surface area contributed by atoms with Crippen LogP contribution in [0.1, 0.15) is 59.3 Å². The molecule has 2 N–H and O–H groups in total. The summed E-state index contributed by atoms with van der Waals surface area (Å²) in [4.78, 5) is 0. The van der Waals surface area contributed by atoms with Crippen molar-refractivity contribution in [3.63, 3.8) is 0 Å². The third-order valence-electron chi connectivity index (χ3n) is 7.13. The fraction of sp³-hybridized carbons (Fsp3) is 0.800. The second-order valence-electron chi connectivity index (χ2n) is 8.71. The third-order valence-corrected chi connectivity index (χ3v) is 7.13. The smallest absolute Gasteiger partial charge is 0.155 e. The molecule has 0 radical (unpaired) electrons. The number of fused-ring (bicyclic) bond motifs is 3. The van der Waals surface area contributed by atoms with Crippen LogP contribution in [0.3, 0.4) is 0 Å². The molecule has 1 saturated carbocycles. The van der Waals surface area contributed by atoms with Gasteiger partial charge in [-0.3, -0.25) is 0 Å². The van der Waals surface area contributed by atoms with Crippen LogP contribution in [0.5, 0.6) is 0 Å². The summed E-state index contributed by atoms with van der Waals surface area (Å²) in [5.41, 5.74) is 2.45. The highest BCUT2D eigenvalue weighted by atomic mass is 16.6. The van der Waals surface area contributed by atoms with E-state index in [4.69, 9.17) is 4.74 Å². The minimum absolute atomic E-state index is 0.000616. The van der Waals surface area contributed by atoms with Gasteiger partial charge in [-0.1, -0.05) is 39.8 Å². The summed E-state index contributed by atoms with van der Waals surface area (Å²) in [6, 6.07) is 0. The number of hydrogen-bond donors (Lipinski definition) is 2. The average Bonchev–Trinajstić information content (AvgIpc) is 2.61. The first kappa shape index (κ1) is 17.2. The molecular formula is C20H32O3. The molecule has 3 aliphatic rings. The van der Waals surface area contributed by atoms with E-state index in [0.717, 1.165) is 24.0 Å².